The van der Waals surface area contributed by atoms with Gasteiger partial charge in [0.2, 0.25) is 0 Å². The van der Waals surface area contributed by atoms with Crippen molar-refractivity contribution in [3.05, 3.63) is 60.2 Å². The number of benzene rings is 2. The van der Waals surface area contributed by atoms with Crippen LogP contribution in [0.3, 0.4) is 0 Å². The van der Waals surface area contributed by atoms with Crippen LogP contribution in [0.4, 0.5) is 0 Å². The normalized spacial score (nSPS) is 12.4. The Morgan fingerprint density at radius 1 is 1.00 bits per heavy atom. The van der Waals surface area contributed by atoms with Crippen molar-refractivity contribution in [2.45, 2.75) is 11.3 Å². The van der Waals surface area contributed by atoms with E-state index in [1.165, 1.54) is 10.5 Å². The third kappa shape index (κ3) is 5.74. The largest absolute Gasteiger partial charge is 0.497 e. The molecule has 0 aliphatic heterocycles. The minimum Gasteiger partial charge on any atom is -0.497 e. The molecule has 3 heteroatoms. The standard InChI is InChI=1S/C19H25NOS/c1-20(2)14-17(13-16-7-5-4-6-8-16)15-22-19-11-9-18(21-3)10-12-19/h4-12,17H,13-15H2,1-3H3. The Balaban J connectivity index is 1.93. The number of methoxy groups -OCH3 is 1. The Bertz CT molecular complexity index is 539. The molecule has 2 aromatic rings. The summed E-state index contributed by atoms with van der Waals surface area (Å²) < 4.78 is 5.21. The van der Waals surface area contributed by atoms with Gasteiger partial charge in [-0.1, -0.05) is 30.3 Å². The van der Waals surface area contributed by atoms with Crippen molar-refractivity contribution in [2.24, 2.45) is 5.92 Å². The first-order chi connectivity index (χ1) is 10.7. The summed E-state index contributed by atoms with van der Waals surface area (Å²) in [6.07, 6.45) is 1.13. The zero-order valence-corrected chi connectivity index (χ0v) is 14.5. The van der Waals surface area contributed by atoms with E-state index >= 15 is 0 Å². The second-order valence-electron chi connectivity index (χ2n) is 5.80. The number of nitrogens with zero attached hydrogens (tertiary/aromatic N) is 1. The van der Waals surface area contributed by atoms with Crippen molar-refractivity contribution in [1.29, 1.82) is 0 Å². The van der Waals surface area contributed by atoms with Crippen LogP contribution >= 0.6 is 11.8 Å². The maximum absolute atomic E-state index is 5.21. The molecule has 0 bridgehead atoms. The lowest BCUT2D eigenvalue weighted by molar-refractivity contribution is 0.341. The molecule has 0 heterocycles. The van der Waals surface area contributed by atoms with E-state index in [4.69, 9.17) is 4.74 Å². The molecular formula is C19H25NOS. The molecule has 1 unspecified atom stereocenters. The predicted molar refractivity (Wildman–Crippen MR) is 95.9 cm³/mol. The Hall–Kier alpha value is -1.45. The molecule has 0 aromatic heterocycles. The van der Waals surface area contributed by atoms with E-state index in [-0.39, 0.29) is 0 Å². The summed E-state index contributed by atoms with van der Waals surface area (Å²) in [6, 6.07) is 19.1. The van der Waals surface area contributed by atoms with Crippen molar-refractivity contribution >= 4 is 11.8 Å². The summed E-state index contributed by atoms with van der Waals surface area (Å²) in [5.74, 6) is 2.68. The van der Waals surface area contributed by atoms with Gasteiger partial charge in [-0.3, -0.25) is 0 Å². The third-order valence-electron chi connectivity index (χ3n) is 3.54. The molecular weight excluding hydrogens is 290 g/mol. The molecule has 118 valence electrons. The average Bonchev–Trinajstić information content (AvgIpc) is 2.53. The van der Waals surface area contributed by atoms with E-state index in [2.05, 4.69) is 61.5 Å². The fourth-order valence-corrected chi connectivity index (χ4v) is 3.51. The predicted octanol–water partition coefficient (Wildman–Crippen LogP) is 4.21. The minimum absolute atomic E-state index is 0.643. The maximum Gasteiger partial charge on any atom is 0.118 e. The molecule has 0 aliphatic rings. The molecule has 0 saturated carbocycles. The zero-order chi connectivity index (χ0) is 15.8. The summed E-state index contributed by atoms with van der Waals surface area (Å²) in [6.45, 7) is 1.11. The Morgan fingerprint density at radius 3 is 2.27 bits per heavy atom. The quantitative estimate of drug-likeness (QED) is 0.677. The topological polar surface area (TPSA) is 12.5 Å². The molecule has 0 radical (unpaired) electrons. The van der Waals surface area contributed by atoms with E-state index in [0.29, 0.717) is 5.92 Å². The van der Waals surface area contributed by atoms with Crippen molar-refractivity contribution in [1.82, 2.24) is 4.90 Å². The maximum atomic E-state index is 5.21. The molecule has 0 amide bonds. The highest BCUT2D eigenvalue weighted by Crippen LogP contribution is 2.25. The summed E-state index contributed by atoms with van der Waals surface area (Å²) >= 11 is 1.93. The van der Waals surface area contributed by atoms with Gasteiger partial charge in [0.25, 0.3) is 0 Å². The number of hydrogen-bond acceptors (Lipinski definition) is 3. The van der Waals surface area contributed by atoms with Gasteiger partial charge in [0, 0.05) is 17.2 Å². The third-order valence-corrected chi connectivity index (χ3v) is 4.78. The van der Waals surface area contributed by atoms with Gasteiger partial charge in [0.05, 0.1) is 7.11 Å². The molecule has 2 rings (SSSR count). The summed E-state index contributed by atoms with van der Waals surface area (Å²) in [5, 5.41) is 0. The van der Waals surface area contributed by atoms with Crippen LogP contribution in [0.25, 0.3) is 0 Å². The van der Waals surface area contributed by atoms with E-state index in [0.717, 1.165) is 24.5 Å². The lowest BCUT2D eigenvalue weighted by atomic mass is 10.0. The highest BCUT2D eigenvalue weighted by Gasteiger charge is 2.12. The van der Waals surface area contributed by atoms with Crippen molar-refractivity contribution in [3.63, 3.8) is 0 Å². The molecule has 2 aromatic carbocycles. The molecule has 0 saturated heterocycles. The second kappa shape index (κ2) is 8.86. The van der Waals surface area contributed by atoms with Crippen molar-refractivity contribution < 1.29 is 4.74 Å². The van der Waals surface area contributed by atoms with Crippen LogP contribution in [-0.2, 0) is 6.42 Å². The van der Waals surface area contributed by atoms with Gasteiger partial charge in [0.15, 0.2) is 0 Å². The lowest BCUT2D eigenvalue weighted by Gasteiger charge is -2.21. The van der Waals surface area contributed by atoms with Crippen LogP contribution in [-0.4, -0.2) is 38.4 Å². The molecule has 1 atom stereocenters. The average molecular weight is 315 g/mol. The molecule has 0 fully saturated rings. The van der Waals surface area contributed by atoms with Crippen molar-refractivity contribution in [2.75, 3.05) is 33.5 Å². The van der Waals surface area contributed by atoms with Gasteiger partial charge < -0.3 is 9.64 Å². The molecule has 22 heavy (non-hydrogen) atoms. The van der Waals surface area contributed by atoms with Crippen LogP contribution in [0.5, 0.6) is 5.75 Å². The van der Waals surface area contributed by atoms with Crippen LogP contribution in [0.2, 0.25) is 0 Å². The fraction of sp³-hybridized carbons (Fsp3) is 0.368. The van der Waals surface area contributed by atoms with Gasteiger partial charge in [0.1, 0.15) is 5.75 Å². The van der Waals surface area contributed by atoms with Crippen LogP contribution in [0.15, 0.2) is 59.5 Å². The monoisotopic (exact) mass is 315 g/mol. The number of hydrogen-bond donors (Lipinski definition) is 0. The van der Waals surface area contributed by atoms with Crippen LogP contribution in [0, 0.1) is 5.92 Å². The zero-order valence-electron chi connectivity index (χ0n) is 13.7. The first-order valence-electron chi connectivity index (χ1n) is 7.63. The fourth-order valence-electron chi connectivity index (χ4n) is 2.53. The Labute approximate surface area is 138 Å². The summed E-state index contributed by atoms with van der Waals surface area (Å²) in [5.41, 5.74) is 1.42. The van der Waals surface area contributed by atoms with E-state index in [1.54, 1.807) is 7.11 Å². The smallest absolute Gasteiger partial charge is 0.118 e. The van der Waals surface area contributed by atoms with Gasteiger partial charge in [-0.05, 0) is 56.3 Å². The van der Waals surface area contributed by atoms with Gasteiger partial charge in [-0.25, -0.2) is 0 Å². The summed E-state index contributed by atoms with van der Waals surface area (Å²) in [4.78, 5) is 3.58. The van der Waals surface area contributed by atoms with E-state index < -0.39 is 0 Å². The first kappa shape index (κ1) is 16.9. The highest BCUT2D eigenvalue weighted by molar-refractivity contribution is 7.99. The Kier molecular flexibility index (Phi) is 6.81. The number of rotatable bonds is 8. The van der Waals surface area contributed by atoms with Crippen LogP contribution < -0.4 is 4.74 Å². The molecule has 0 aliphatic carbocycles. The molecule has 0 N–H and O–H groups in total. The molecule has 2 nitrogen and oxygen atoms in total. The Morgan fingerprint density at radius 2 is 1.68 bits per heavy atom. The van der Waals surface area contributed by atoms with Gasteiger partial charge >= 0.3 is 0 Å². The first-order valence-corrected chi connectivity index (χ1v) is 8.61. The second-order valence-corrected chi connectivity index (χ2v) is 6.90. The van der Waals surface area contributed by atoms with Gasteiger partial charge in [-0.2, -0.15) is 0 Å². The molecule has 0 spiro atoms. The van der Waals surface area contributed by atoms with E-state index in [1.807, 2.05) is 23.9 Å². The SMILES string of the molecule is COc1ccc(SCC(Cc2ccccc2)CN(C)C)cc1. The van der Waals surface area contributed by atoms with Crippen LogP contribution in [0.1, 0.15) is 5.56 Å². The van der Waals surface area contributed by atoms with Crippen molar-refractivity contribution in [3.8, 4) is 5.75 Å². The number of ether oxygens (including phenoxy) is 1. The number of thioether (sulfide) groups is 1. The highest BCUT2D eigenvalue weighted by atomic mass is 32.2. The minimum atomic E-state index is 0.643. The lowest BCUT2D eigenvalue weighted by Crippen LogP contribution is -2.25. The van der Waals surface area contributed by atoms with E-state index in [9.17, 15) is 0 Å². The summed E-state index contributed by atoms with van der Waals surface area (Å²) in [7, 11) is 6.00. The van der Waals surface area contributed by atoms with Gasteiger partial charge in [-0.15, -0.1) is 11.8 Å².